The highest BCUT2D eigenvalue weighted by atomic mass is 16.5. The smallest absolute Gasteiger partial charge is 0.255 e. The van der Waals surface area contributed by atoms with Crippen LogP contribution in [0.15, 0.2) is 18.2 Å². The monoisotopic (exact) mass is 412 g/mol. The van der Waals surface area contributed by atoms with E-state index < -0.39 is 6.04 Å². The van der Waals surface area contributed by atoms with Crippen molar-refractivity contribution >= 4 is 17.7 Å². The predicted octanol–water partition coefficient (Wildman–Crippen LogP) is 0.448. The van der Waals surface area contributed by atoms with Crippen LogP contribution in [0.2, 0.25) is 0 Å². The van der Waals surface area contributed by atoms with E-state index in [0.29, 0.717) is 31.1 Å². The van der Waals surface area contributed by atoms with Gasteiger partial charge in [-0.2, -0.15) is 0 Å². The molecule has 160 valence electrons. The molecule has 0 radical (unpaired) electrons. The summed E-state index contributed by atoms with van der Waals surface area (Å²) < 4.78 is 6.15. The van der Waals surface area contributed by atoms with E-state index in [2.05, 4.69) is 16.0 Å². The molecule has 1 aromatic carbocycles. The van der Waals surface area contributed by atoms with Crippen LogP contribution in [0.25, 0.3) is 0 Å². The van der Waals surface area contributed by atoms with Crippen molar-refractivity contribution in [2.45, 2.75) is 62.9 Å². The summed E-state index contributed by atoms with van der Waals surface area (Å²) >= 11 is 0. The Labute approximate surface area is 175 Å². The molecule has 4 aliphatic heterocycles. The lowest BCUT2D eigenvalue weighted by Crippen LogP contribution is -2.52. The highest BCUT2D eigenvalue weighted by Gasteiger charge is 2.41. The molecule has 2 atom stereocenters. The second-order valence-corrected chi connectivity index (χ2v) is 8.92. The third kappa shape index (κ3) is 3.64. The zero-order chi connectivity index (χ0) is 20.7. The highest BCUT2D eigenvalue weighted by molar-refractivity contribution is 6.05. The number of hydrogen-bond acceptors (Lipinski definition) is 6. The number of nitrogens with one attached hydrogen (secondary N) is 3. The number of nitrogens with zero attached hydrogens (tertiary/aromatic N) is 1. The van der Waals surface area contributed by atoms with Gasteiger partial charge in [0.15, 0.2) is 0 Å². The Hall–Kier alpha value is -2.29. The van der Waals surface area contributed by atoms with Gasteiger partial charge in [0, 0.05) is 31.1 Å². The molecule has 3 fully saturated rings. The first-order chi connectivity index (χ1) is 14.5. The molecule has 4 aliphatic rings. The van der Waals surface area contributed by atoms with Gasteiger partial charge in [-0.15, -0.1) is 0 Å². The van der Waals surface area contributed by atoms with Crippen LogP contribution in [0.5, 0.6) is 0 Å². The molecule has 1 aromatic rings. The summed E-state index contributed by atoms with van der Waals surface area (Å²) in [7, 11) is 0. The van der Waals surface area contributed by atoms with E-state index in [-0.39, 0.29) is 29.7 Å². The number of hydrogen-bond donors (Lipinski definition) is 3. The Bertz CT molecular complexity index is 880. The number of carbonyl (C=O) groups excluding carboxylic acids is 3. The number of fused-ring (bicyclic) bond motifs is 1. The molecule has 0 aliphatic carbocycles. The largest absolute Gasteiger partial charge is 0.373 e. The van der Waals surface area contributed by atoms with Gasteiger partial charge in [0.25, 0.3) is 5.91 Å². The summed E-state index contributed by atoms with van der Waals surface area (Å²) in [4.78, 5) is 38.1. The predicted molar refractivity (Wildman–Crippen MR) is 109 cm³/mol. The summed E-state index contributed by atoms with van der Waals surface area (Å²) in [6.07, 6.45) is 3.82. The van der Waals surface area contributed by atoms with Crippen LogP contribution >= 0.6 is 0 Å². The van der Waals surface area contributed by atoms with Crippen molar-refractivity contribution in [1.29, 1.82) is 0 Å². The first-order valence-corrected chi connectivity index (χ1v) is 10.9. The van der Waals surface area contributed by atoms with Crippen molar-refractivity contribution in [3.8, 4) is 0 Å². The third-order valence-electron chi connectivity index (χ3n) is 6.91. The summed E-state index contributed by atoms with van der Waals surface area (Å²) in [6, 6.07) is 5.72. The Kier molecular flexibility index (Phi) is 5.08. The maximum atomic E-state index is 13.0. The molecular weight excluding hydrogens is 384 g/mol. The van der Waals surface area contributed by atoms with Crippen molar-refractivity contribution in [1.82, 2.24) is 20.9 Å². The molecule has 2 unspecified atom stereocenters. The molecule has 0 bridgehead atoms. The first-order valence-electron chi connectivity index (χ1n) is 10.9. The third-order valence-corrected chi connectivity index (χ3v) is 6.91. The SMILES string of the molecule is O=C1CCC(N2Cc3ccc(CNC4COC5(CCNCC5)C4)cc3C2=O)C(=O)N1. The number of carbonyl (C=O) groups is 3. The van der Waals surface area contributed by atoms with Gasteiger partial charge < -0.3 is 20.3 Å². The van der Waals surface area contributed by atoms with Crippen LogP contribution in [-0.4, -0.2) is 60.0 Å². The maximum Gasteiger partial charge on any atom is 0.255 e. The zero-order valence-corrected chi connectivity index (χ0v) is 17.0. The Morgan fingerprint density at radius 3 is 2.83 bits per heavy atom. The number of amides is 3. The van der Waals surface area contributed by atoms with E-state index in [1.807, 2.05) is 18.2 Å². The highest BCUT2D eigenvalue weighted by Crippen LogP contribution is 2.34. The van der Waals surface area contributed by atoms with E-state index >= 15 is 0 Å². The summed E-state index contributed by atoms with van der Waals surface area (Å²) in [6.45, 7) is 3.86. The van der Waals surface area contributed by atoms with E-state index in [1.54, 1.807) is 4.90 Å². The molecule has 3 N–H and O–H groups in total. The van der Waals surface area contributed by atoms with Crippen molar-refractivity contribution in [2.75, 3.05) is 19.7 Å². The fourth-order valence-electron chi connectivity index (χ4n) is 5.18. The van der Waals surface area contributed by atoms with Gasteiger partial charge in [-0.3, -0.25) is 19.7 Å². The minimum atomic E-state index is -0.569. The number of piperidine rings is 2. The molecule has 30 heavy (non-hydrogen) atoms. The van der Waals surface area contributed by atoms with Crippen LogP contribution < -0.4 is 16.0 Å². The van der Waals surface area contributed by atoms with Crippen molar-refractivity contribution in [3.63, 3.8) is 0 Å². The molecule has 3 saturated heterocycles. The fourth-order valence-corrected chi connectivity index (χ4v) is 5.18. The summed E-state index contributed by atoms with van der Waals surface area (Å²) in [5.74, 6) is -0.766. The van der Waals surface area contributed by atoms with E-state index in [1.165, 1.54) is 0 Å². The fraction of sp³-hybridized carbons (Fsp3) is 0.591. The Balaban J connectivity index is 1.21. The van der Waals surface area contributed by atoms with Gasteiger partial charge in [-0.1, -0.05) is 12.1 Å². The van der Waals surface area contributed by atoms with Crippen LogP contribution in [-0.2, 0) is 27.4 Å². The Morgan fingerprint density at radius 1 is 1.20 bits per heavy atom. The van der Waals surface area contributed by atoms with Crippen LogP contribution in [0.1, 0.15) is 53.6 Å². The molecule has 8 heteroatoms. The maximum absolute atomic E-state index is 13.0. The summed E-state index contributed by atoms with van der Waals surface area (Å²) in [5, 5.41) is 9.32. The van der Waals surface area contributed by atoms with E-state index in [0.717, 1.165) is 50.1 Å². The molecule has 3 amide bonds. The standard InChI is InChI=1S/C22H28N4O4/c27-19-4-3-18(20(28)25-19)26-12-15-2-1-14(9-17(15)21(26)29)11-24-16-10-22(30-13-16)5-7-23-8-6-22/h1-2,9,16,18,23-24H,3-8,10-13H2,(H,25,27,28). The zero-order valence-electron chi connectivity index (χ0n) is 17.0. The first kappa shape index (κ1) is 19.7. The van der Waals surface area contributed by atoms with Gasteiger partial charge in [-0.05, 0) is 56.0 Å². The average Bonchev–Trinajstić information content (AvgIpc) is 3.28. The lowest BCUT2D eigenvalue weighted by Gasteiger charge is -2.32. The quantitative estimate of drug-likeness (QED) is 0.621. The minimum Gasteiger partial charge on any atom is -0.373 e. The molecule has 1 spiro atoms. The van der Waals surface area contributed by atoms with E-state index in [9.17, 15) is 14.4 Å². The lowest BCUT2D eigenvalue weighted by molar-refractivity contribution is -0.136. The number of ether oxygens (including phenoxy) is 1. The van der Waals surface area contributed by atoms with Gasteiger partial charge >= 0.3 is 0 Å². The normalized spacial score (nSPS) is 28.1. The van der Waals surface area contributed by atoms with Crippen LogP contribution in [0.3, 0.4) is 0 Å². The van der Waals surface area contributed by atoms with Gasteiger partial charge in [0.05, 0.1) is 12.2 Å². The molecule has 0 saturated carbocycles. The van der Waals surface area contributed by atoms with Crippen molar-refractivity contribution in [2.24, 2.45) is 0 Å². The molecule has 8 nitrogen and oxygen atoms in total. The number of rotatable bonds is 4. The number of benzene rings is 1. The van der Waals surface area contributed by atoms with Crippen LogP contribution in [0, 0.1) is 0 Å². The minimum absolute atomic E-state index is 0.0271. The average molecular weight is 412 g/mol. The molecule has 4 heterocycles. The van der Waals surface area contributed by atoms with Crippen molar-refractivity contribution < 1.29 is 19.1 Å². The summed E-state index contributed by atoms with van der Waals surface area (Å²) in [5.41, 5.74) is 2.68. The number of imide groups is 1. The Morgan fingerprint density at radius 2 is 2.03 bits per heavy atom. The molecule has 5 rings (SSSR count). The molecule has 0 aromatic heterocycles. The van der Waals surface area contributed by atoms with Gasteiger partial charge in [0.2, 0.25) is 11.8 Å². The van der Waals surface area contributed by atoms with Crippen molar-refractivity contribution in [3.05, 3.63) is 34.9 Å². The second-order valence-electron chi connectivity index (χ2n) is 8.92. The van der Waals surface area contributed by atoms with Crippen LogP contribution in [0.4, 0.5) is 0 Å². The van der Waals surface area contributed by atoms with Gasteiger partial charge in [0.1, 0.15) is 6.04 Å². The molecular formula is C22H28N4O4. The van der Waals surface area contributed by atoms with E-state index in [4.69, 9.17) is 4.74 Å². The van der Waals surface area contributed by atoms with Gasteiger partial charge in [-0.25, -0.2) is 0 Å². The lowest BCUT2D eigenvalue weighted by atomic mass is 9.88. The topological polar surface area (TPSA) is 99.8 Å². The second kappa shape index (κ2) is 7.76.